The van der Waals surface area contributed by atoms with E-state index in [1.165, 1.54) is 6.07 Å². The number of nitrogens with zero attached hydrogens (tertiary/aromatic N) is 1. The third-order valence-corrected chi connectivity index (χ3v) is 3.49. The van der Waals surface area contributed by atoms with Crippen molar-refractivity contribution in [1.29, 1.82) is 0 Å². The molecule has 1 aliphatic rings. The molecule has 0 bridgehead atoms. The van der Waals surface area contributed by atoms with Crippen LogP contribution >= 0.6 is 0 Å². The summed E-state index contributed by atoms with van der Waals surface area (Å²) in [4.78, 5) is 14.0. The fourth-order valence-corrected chi connectivity index (χ4v) is 2.28. The van der Waals surface area contributed by atoms with Crippen molar-refractivity contribution in [3.05, 3.63) is 29.6 Å². The first kappa shape index (κ1) is 14.0. The molecule has 2 rings (SSSR count). The van der Waals surface area contributed by atoms with Crippen molar-refractivity contribution in [1.82, 2.24) is 4.90 Å². The number of anilines is 1. The molecule has 4 nitrogen and oxygen atoms in total. The number of nitrogens with one attached hydrogen (secondary N) is 1. The number of likely N-dealkylation sites (tertiary alicyclic amines) is 1. The Bertz CT molecular complexity index is 436. The van der Waals surface area contributed by atoms with E-state index >= 15 is 0 Å². The van der Waals surface area contributed by atoms with E-state index in [9.17, 15) is 9.18 Å². The van der Waals surface area contributed by atoms with Crippen LogP contribution in [-0.2, 0) is 4.79 Å². The van der Waals surface area contributed by atoms with Gasteiger partial charge in [-0.1, -0.05) is 12.1 Å². The number of carbonyl (C=O) groups excluding carboxylic acids is 1. The van der Waals surface area contributed by atoms with Crippen LogP contribution in [0.15, 0.2) is 18.2 Å². The normalized spacial score (nSPS) is 17.4. The van der Waals surface area contributed by atoms with Crippen molar-refractivity contribution in [2.75, 3.05) is 25.0 Å². The van der Waals surface area contributed by atoms with Gasteiger partial charge in [-0.3, -0.25) is 9.69 Å². The lowest BCUT2D eigenvalue weighted by atomic mass is 10.1. The highest BCUT2D eigenvalue weighted by atomic mass is 19.1. The van der Waals surface area contributed by atoms with Gasteiger partial charge < -0.3 is 11.1 Å². The lowest BCUT2D eigenvalue weighted by molar-refractivity contribution is -0.117. The van der Waals surface area contributed by atoms with Gasteiger partial charge in [0.05, 0.1) is 12.2 Å². The maximum atomic E-state index is 13.6. The summed E-state index contributed by atoms with van der Waals surface area (Å²) in [6.07, 6.45) is 1.82. The lowest BCUT2D eigenvalue weighted by Gasteiger charge is -2.29. The molecule has 0 unspecified atom stereocenters. The Hall–Kier alpha value is -1.46. The standard InChI is InChI=1S/C14H20FN3O/c1-10-3-2-4-12(15)14(10)17-13(19)9-18-7-5-11(16)6-8-18/h2-4,11H,5-9,16H2,1H3,(H,17,19). The molecule has 0 radical (unpaired) electrons. The summed E-state index contributed by atoms with van der Waals surface area (Å²) >= 11 is 0. The SMILES string of the molecule is Cc1cccc(F)c1NC(=O)CN1CCC(N)CC1. The van der Waals surface area contributed by atoms with Crippen molar-refractivity contribution in [3.8, 4) is 0 Å². The van der Waals surface area contributed by atoms with Crippen LogP contribution in [0.25, 0.3) is 0 Å². The molecule has 0 aliphatic carbocycles. The number of para-hydroxylation sites is 1. The van der Waals surface area contributed by atoms with Crippen molar-refractivity contribution >= 4 is 11.6 Å². The number of hydrogen-bond donors (Lipinski definition) is 2. The molecule has 1 aromatic rings. The maximum Gasteiger partial charge on any atom is 0.238 e. The topological polar surface area (TPSA) is 58.4 Å². The minimum atomic E-state index is -0.394. The average Bonchev–Trinajstić information content (AvgIpc) is 2.37. The van der Waals surface area contributed by atoms with Crippen LogP contribution in [0.1, 0.15) is 18.4 Å². The van der Waals surface area contributed by atoms with Crippen LogP contribution in [0.5, 0.6) is 0 Å². The largest absolute Gasteiger partial charge is 0.328 e. The van der Waals surface area contributed by atoms with E-state index in [0.717, 1.165) is 31.5 Å². The van der Waals surface area contributed by atoms with E-state index in [1.807, 2.05) is 0 Å². The Balaban J connectivity index is 1.91. The highest BCUT2D eigenvalue weighted by molar-refractivity contribution is 5.93. The van der Waals surface area contributed by atoms with E-state index in [-0.39, 0.29) is 17.6 Å². The summed E-state index contributed by atoms with van der Waals surface area (Å²) < 4.78 is 13.6. The molecular weight excluding hydrogens is 245 g/mol. The number of aryl methyl sites for hydroxylation is 1. The second kappa shape index (κ2) is 6.12. The number of amides is 1. The molecule has 5 heteroatoms. The highest BCUT2D eigenvalue weighted by Crippen LogP contribution is 2.18. The quantitative estimate of drug-likeness (QED) is 0.870. The van der Waals surface area contributed by atoms with E-state index in [0.29, 0.717) is 6.54 Å². The molecule has 1 saturated heterocycles. The Morgan fingerprint density at radius 3 is 2.79 bits per heavy atom. The van der Waals surface area contributed by atoms with Crippen LogP contribution in [-0.4, -0.2) is 36.5 Å². The minimum absolute atomic E-state index is 0.177. The predicted molar refractivity (Wildman–Crippen MR) is 73.4 cm³/mol. The summed E-state index contributed by atoms with van der Waals surface area (Å²) in [5, 5.41) is 2.65. The monoisotopic (exact) mass is 265 g/mol. The lowest BCUT2D eigenvalue weighted by Crippen LogP contribution is -2.43. The van der Waals surface area contributed by atoms with Gasteiger partial charge in [-0.15, -0.1) is 0 Å². The minimum Gasteiger partial charge on any atom is -0.328 e. The number of rotatable bonds is 3. The van der Waals surface area contributed by atoms with E-state index in [4.69, 9.17) is 5.73 Å². The van der Waals surface area contributed by atoms with Crippen LogP contribution in [0.3, 0.4) is 0 Å². The molecular formula is C14H20FN3O. The van der Waals surface area contributed by atoms with Gasteiger partial charge in [-0.05, 0) is 31.4 Å². The van der Waals surface area contributed by atoms with Crippen LogP contribution in [0.4, 0.5) is 10.1 Å². The van der Waals surface area contributed by atoms with Gasteiger partial charge in [0, 0.05) is 19.1 Å². The second-order valence-electron chi connectivity index (χ2n) is 5.09. The van der Waals surface area contributed by atoms with Crippen molar-refractivity contribution in [3.63, 3.8) is 0 Å². The molecule has 0 atom stereocenters. The second-order valence-corrected chi connectivity index (χ2v) is 5.09. The zero-order valence-corrected chi connectivity index (χ0v) is 11.2. The molecule has 1 aliphatic heterocycles. The van der Waals surface area contributed by atoms with Crippen molar-refractivity contribution in [2.45, 2.75) is 25.8 Å². The first-order valence-electron chi connectivity index (χ1n) is 6.59. The number of carbonyl (C=O) groups is 1. The summed E-state index contributed by atoms with van der Waals surface area (Å²) in [7, 11) is 0. The molecule has 19 heavy (non-hydrogen) atoms. The third-order valence-electron chi connectivity index (χ3n) is 3.49. The first-order valence-corrected chi connectivity index (χ1v) is 6.59. The summed E-state index contributed by atoms with van der Waals surface area (Å²) in [5.41, 5.74) is 6.82. The number of piperidine rings is 1. The number of nitrogens with two attached hydrogens (primary N) is 1. The van der Waals surface area contributed by atoms with Crippen molar-refractivity contribution in [2.24, 2.45) is 5.73 Å². The Labute approximate surface area is 112 Å². The highest BCUT2D eigenvalue weighted by Gasteiger charge is 2.19. The van der Waals surface area contributed by atoms with Crippen LogP contribution in [0.2, 0.25) is 0 Å². The van der Waals surface area contributed by atoms with Gasteiger partial charge in [-0.2, -0.15) is 0 Å². The number of hydrogen-bond acceptors (Lipinski definition) is 3. The van der Waals surface area contributed by atoms with Gasteiger partial charge in [0.2, 0.25) is 5.91 Å². The third kappa shape index (κ3) is 3.75. The van der Waals surface area contributed by atoms with E-state index in [1.54, 1.807) is 19.1 Å². The number of benzene rings is 1. The van der Waals surface area contributed by atoms with Gasteiger partial charge in [-0.25, -0.2) is 4.39 Å². The summed E-state index contributed by atoms with van der Waals surface area (Å²) in [5.74, 6) is -0.572. The Morgan fingerprint density at radius 1 is 1.47 bits per heavy atom. The molecule has 0 spiro atoms. The molecule has 0 saturated carbocycles. The Morgan fingerprint density at radius 2 is 2.16 bits per heavy atom. The Kier molecular flexibility index (Phi) is 4.50. The summed E-state index contributed by atoms with van der Waals surface area (Å²) in [6.45, 7) is 3.72. The molecule has 0 aromatic heterocycles. The zero-order valence-electron chi connectivity index (χ0n) is 11.2. The smallest absolute Gasteiger partial charge is 0.238 e. The van der Waals surface area contributed by atoms with Gasteiger partial charge in [0.1, 0.15) is 5.82 Å². The van der Waals surface area contributed by atoms with Crippen LogP contribution < -0.4 is 11.1 Å². The molecule has 1 aromatic carbocycles. The van der Waals surface area contributed by atoms with Gasteiger partial charge in [0.15, 0.2) is 0 Å². The first-order chi connectivity index (χ1) is 9.06. The van der Waals surface area contributed by atoms with Crippen molar-refractivity contribution < 1.29 is 9.18 Å². The molecule has 104 valence electrons. The van der Waals surface area contributed by atoms with Gasteiger partial charge in [0.25, 0.3) is 0 Å². The molecule has 1 fully saturated rings. The molecule has 1 amide bonds. The maximum absolute atomic E-state index is 13.6. The fraction of sp³-hybridized carbons (Fsp3) is 0.500. The van der Waals surface area contributed by atoms with E-state index < -0.39 is 5.82 Å². The summed E-state index contributed by atoms with van der Waals surface area (Å²) in [6, 6.07) is 5.00. The van der Waals surface area contributed by atoms with E-state index in [2.05, 4.69) is 10.2 Å². The fourth-order valence-electron chi connectivity index (χ4n) is 2.28. The predicted octanol–water partition coefficient (Wildman–Crippen LogP) is 1.50. The van der Waals surface area contributed by atoms with Gasteiger partial charge >= 0.3 is 0 Å². The number of halogens is 1. The molecule has 1 heterocycles. The average molecular weight is 265 g/mol. The van der Waals surface area contributed by atoms with Crippen LogP contribution in [0, 0.1) is 12.7 Å². The zero-order chi connectivity index (χ0) is 13.8. The molecule has 3 N–H and O–H groups in total.